The summed E-state index contributed by atoms with van der Waals surface area (Å²) in [6, 6.07) is 6.98. The Morgan fingerprint density at radius 2 is 1.52 bits per heavy atom. The van der Waals surface area contributed by atoms with Crippen LogP contribution in [0.5, 0.6) is 0 Å². The molecule has 0 bridgehead atoms. The molecule has 0 unspecified atom stereocenters. The average molecular weight is 355 g/mol. The Morgan fingerprint density at radius 1 is 0.920 bits per heavy atom. The van der Waals surface area contributed by atoms with Crippen LogP contribution in [0.4, 0.5) is 5.69 Å². The summed E-state index contributed by atoms with van der Waals surface area (Å²) in [5.74, 6) is 0.167. The fourth-order valence-corrected chi connectivity index (χ4v) is 3.70. The molecular formula is C21H34NNaO2. The Bertz CT molecular complexity index is 469. The first kappa shape index (κ1) is 22.5. The van der Waals surface area contributed by atoms with E-state index in [0.717, 1.165) is 18.2 Å². The first-order valence-electron chi connectivity index (χ1n) is 9.83. The van der Waals surface area contributed by atoms with E-state index in [-0.39, 0.29) is 29.6 Å². The van der Waals surface area contributed by atoms with Crippen molar-refractivity contribution in [2.24, 2.45) is 5.92 Å². The molecule has 0 amide bonds. The standard InChI is InChI=1S/C21H33NO2.Na.H/c23-21(24)19-13-15-20(16-14-19)22-17-9-4-2-1-3-6-10-18-11-7-5-8-12-18;;/h13-16,18,22H,1-12,17H2,(H,23,24);;. The third-order valence-electron chi connectivity index (χ3n) is 5.22. The molecule has 0 aliphatic heterocycles. The summed E-state index contributed by atoms with van der Waals surface area (Å²) in [5, 5.41) is 12.2. The van der Waals surface area contributed by atoms with Crippen molar-refractivity contribution in [3.05, 3.63) is 29.8 Å². The quantitative estimate of drug-likeness (QED) is 0.409. The number of carboxylic acid groups (broad SMARTS) is 1. The van der Waals surface area contributed by atoms with E-state index < -0.39 is 5.97 Å². The van der Waals surface area contributed by atoms with Gasteiger partial charge >= 0.3 is 35.5 Å². The van der Waals surface area contributed by atoms with Crippen molar-refractivity contribution in [3.8, 4) is 0 Å². The molecule has 25 heavy (non-hydrogen) atoms. The summed E-state index contributed by atoms with van der Waals surface area (Å²) in [4.78, 5) is 10.8. The number of carbonyl (C=O) groups is 1. The first-order chi connectivity index (χ1) is 11.8. The van der Waals surface area contributed by atoms with Gasteiger partial charge in [0.15, 0.2) is 0 Å². The van der Waals surface area contributed by atoms with Gasteiger partial charge in [0.05, 0.1) is 5.56 Å². The van der Waals surface area contributed by atoms with Gasteiger partial charge in [-0.3, -0.25) is 0 Å². The number of rotatable bonds is 11. The zero-order valence-electron chi connectivity index (χ0n) is 14.9. The molecule has 0 aromatic heterocycles. The Labute approximate surface area is 175 Å². The minimum atomic E-state index is -0.870. The number of benzene rings is 1. The van der Waals surface area contributed by atoms with Crippen LogP contribution in [0.2, 0.25) is 0 Å². The molecule has 1 aliphatic carbocycles. The zero-order chi connectivity index (χ0) is 17.0. The van der Waals surface area contributed by atoms with Crippen molar-refractivity contribution in [1.82, 2.24) is 0 Å². The third kappa shape index (κ3) is 9.67. The molecule has 1 fully saturated rings. The summed E-state index contributed by atoms with van der Waals surface area (Å²) >= 11 is 0. The Kier molecular flexibility index (Phi) is 12.3. The van der Waals surface area contributed by atoms with E-state index in [9.17, 15) is 4.79 Å². The van der Waals surface area contributed by atoms with E-state index >= 15 is 0 Å². The van der Waals surface area contributed by atoms with Crippen LogP contribution in [0.25, 0.3) is 0 Å². The number of hydrogen-bond acceptors (Lipinski definition) is 2. The number of carboxylic acids is 1. The van der Waals surface area contributed by atoms with E-state index in [4.69, 9.17) is 5.11 Å². The Hall–Kier alpha value is -0.510. The van der Waals surface area contributed by atoms with Gasteiger partial charge in [-0.05, 0) is 36.6 Å². The van der Waals surface area contributed by atoms with E-state index in [1.807, 2.05) is 12.1 Å². The van der Waals surface area contributed by atoms with Gasteiger partial charge in [-0.15, -0.1) is 0 Å². The van der Waals surface area contributed by atoms with E-state index in [2.05, 4.69) is 5.32 Å². The SMILES string of the molecule is O=C(O)c1ccc(NCCCCCCCCC2CCCCC2)cc1.[NaH]. The zero-order valence-corrected chi connectivity index (χ0v) is 14.9. The molecule has 2 N–H and O–H groups in total. The molecule has 1 aromatic rings. The number of hydrogen-bond donors (Lipinski definition) is 2. The Morgan fingerprint density at radius 3 is 2.16 bits per heavy atom. The van der Waals surface area contributed by atoms with Gasteiger partial charge in [0.2, 0.25) is 0 Å². The molecule has 1 aromatic carbocycles. The number of nitrogens with one attached hydrogen (secondary N) is 1. The second-order valence-electron chi connectivity index (χ2n) is 7.22. The van der Waals surface area contributed by atoms with Gasteiger partial charge in [-0.1, -0.05) is 70.6 Å². The number of unbranched alkanes of at least 4 members (excludes halogenated alkanes) is 5. The van der Waals surface area contributed by atoms with E-state index in [1.54, 1.807) is 12.1 Å². The Balaban J connectivity index is 0.00000312. The molecule has 136 valence electrons. The van der Waals surface area contributed by atoms with Crippen LogP contribution >= 0.6 is 0 Å². The van der Waals surface area contributed by atoms with Gasteiger partial charge in [0, 0.05) is 12.2 Å². The van der Waals surface area contributed by atoms with Gasteiger partial charge in [0.1, 0.15) is 0 Å². The summed E-state index contributed by atoms with van der Waals surface area (Å²) < 4.78 is 0. The molecule has 4 heteroatoms. The second-order valence-corrected chi connectivity index (χ2v) is 7.22. The van der Waals surface area contributed by atoms with Crippen LogP contribution < -0.4 is 5.32 Å². The average Bonchev–Trinajstić information content (AvgIpc) is 2.61. The molecule has 1 aliphatic rings. The molecule has 2 rings (SSSR count). The van der Waals surface area contributed by atoms with Crippen molar-refractivity contribution in [1.29, 1.82) is 0 Å². The van der Waals surface area contributed by atoms with Crippen LogP contribution in [0, 0.1) is 5.92 Å². The number of anilines is 1. The van der Waals surface area contributed by atoms with Crippen molar-refractivity contribution < 1.29 is 9.90 Å². The normalized spacial score (nSPS) is 14.7. The fourth-order valence-electron chi connectivity index (χ4n) is 3.70. The molecule has 0 heterocycles. The van der Waals surface area contributed by atoms with Crippen molar-refractivity contribution in [2.75, 3.05) is 11.9 Å². The molecule has 0 saturated heterocycles. The fraction of sp³-hybridized carbons (Fsp3) is 0.667. The third-order valence-corrected chi connectivity index (χ3v) is 5.22. The van der Waals surface area contributed by atoms with Gasteiger partial charge < -0.3 is 10.4 Å². The van der Waals surface area contributed by atoms with Gasteiger partial charge in [-0.25, -0.2) is 4.79 Å². The summed E-state index contributed by atoms with van der Waals surface area (Å²) in [7, 11) is 0. The minimum absolute atomic E-state index is 0. The predicted octanol–water partition coefficient (Wildman–Crippen LogP) is 5.46. The maximum absolute atomic E-state index is 10.8. The molecule has 1 saturated carbocycles. The van der Waals surface area contributed by atoms with Gasteiger partial charge in [0.25, 0.3) is 0 Å². The maximum atomic E-state index is 10.8. The predicted molar refractivity (Wildman–Crippen MR) is 108 cm³/mol. The summed E-state index contributed by atoms with van der Waals surface area (Å²) in [6.45, 7) is 0.967. The van der Waals surface area contributed by atoms with Crippen LogP contribution in [0.3, 0.4) is 0 Å². The topological polar surface area (TPSA) is 49.3 Å². The molecule has 0 atom stereocenters. The molecule has 0 spiro atoms. The van der Waals surface area contributed by atoms with Crippen LogP contribution in [-0.4, -0.2) is 47.2 Å². The summed E-state index contributed by atoms with van der Waals surface area (Å²) in [6.07, 6.45) is 16.9. The molecule has 0 radical (unpaired) electrons. The molecular weight excluding hydrogens is 321 g/mol. The molecule has 3 nitrogen and oxygen atoms in total. The van der Waals surface area contributed by atoms with Crippen molar-refractivity contribution >= 4 is 41.2 Å². The number of aromatic carboxylic acids is 1. The van der Waals surface area contributed by atoms with E-state index in [1.165, 1.54) is 77.0 Å². The van der Waals surface area contributed by atoms with E-state index in [0.29, 0.717) is 5.56 Å². The van der Waals surface area contributed by atoms with Crippen molar-refractivity contribution in [3.63, 3.8) is 0 Å². The van der Waals surface area contributed by atoms with Crippen LogP contribution in [-0.2, 0) is 0 Å². The van der Waals surface area contributed by atoms with Crippen LogP contribution in [0.1, 0.15) is 87.4 Å². The second kappa shape index (κ2) is 13.7. The summed E-state index contributed by atoms with van der Waals surface area (Å²) in [5.41, 5.74) is 1.35. The van der Waals surface area contributed by atoms with Gasteiger partial charge in [-0.2, -0.15) is 0 Å². The monoisotopic (exact) mass is 355 g/mol. The van der Waals surface area contributed by atoms with Crippen LogP contribution in [0.15, 0.2) is 24.3 Å². The first-order valence-corrected chi connectivity index (χ1v) is 9.83. The van der Waals surface area contributed by atoms with Crippen molar-refractivity contribution in [2.45, 2.75) is 77.0 Å².